The first-order valence-electron chi connectivity index (χ1n) is 8.57. The molecule has 2 aliphatic heterocycles. The number of aromatic nitrogens is 2. The molecule has 0 saturated carbocycles. The lowest BCUT2D eigenvalue weighted by Gasteiger charge is -2.28. The van der Waals surface area contributed by atoms with Crippen molar-refractivity contribution < 1.29 is 9.53 Å². The van der Waals surface area contributed by atoms with Gasteiger partial charge in [0, 0.05) is 17.7 Å². The molecule has 3 aromatic rings. The summed E-state index contributed by atoms with van der Waals surface area (Å²) in [6.45, 7) is 1.32. The number of H-pyrrole nitrogens is 1. The standard InChI is InChI=1S/C19H16N6O2/c1-27-15-4-2-3-12-16(15)23-19(25-8-7-20-17(12)25)24-18(26)11-5-6-13-14(9-11)22-10-21-13/h2-6,9-10H,7-8H2,1H3,(H,21,22)(H,23,24,26). The number of carbonyl (C=O) groups excluding carboxylic acids is 1. The van der Waals surface area contributed by atoms with Crippen molar-refractivity contribution in [3.63, 3.8) is 0 Å². The first-order valence-corrected chi connectivity index (χ1v) is 8.57. The van der Waals surface area contributed by atoms with Gasteiger partial charge in [-0.25, -0.2) is 9.98 Å². The van der Waals surface area contributed by atoms with Gasteiger partial charge >= 0.3 is 0 Å². The number of hydrogen-bond acceptors (Lipinski definition) is 6. The van der Waals surface area contributed by atoms with E-state index in [4.69, 9.17) is 4.74 Å². The second kappa shape index (κ2) is 5.94. The number of benzene rings is 2. The number of rotatable bonds is 2. The Morgan fingerprint density at radius 3 is 3.11 bits per heavy atom. The number of methoxy groups -OCH3 is 1. The van der Waals surface area contributed by atoms with Crippen LogP contribution in [-0.2, 0) is 0 Å². The van der Waals surface area contributed by atoms with E-state index in [0.717, 1.165) is 22.4 Å². The lowest BCUT2D eigenvalue weighted by atomic mass is 10.1. The van der Waals surface area contributed by atoms with Crippen molar-refractivity contribution in [3.05, 3.63) is 53.9 Å². The number of aliphatic imine (C=N–C) groups is 2. The summed E-state index contributed by atoms with van der Waals surface area (Å²) in [5.41, 5.74) is 3.72. The van der Waals surface area contributed by atoms with Crippen LogP contribution in [-0.4, -0.2) is 52.8 Å². The predicted molar refractivity (Wildman–Crippen MR) is 102 cm³/mol. The fraction of sp³-hybridized carbons (Fsp3) is 0.158. The van der Waals surface area contributed by atoms with Gasteiger partial charge in [0.25, 0.3) is 5.91 Å². The van der Waals surface area contributed by atoms with E-state index < -0.39 is 0 Å². The van der Waals surface area contributed by atoms with Crippen molar-refractivity contribution in [1.82, 2.24) is 20.2 Å². The van der Waals surface area contributed by atoms with E-state index in [1.54, 1.807) is 25.6 Å². The Kier molecular flexibility index (Phi) is 3.43. The van der Waals surface area contributed by atoms with Gasteiger partial charge in [-0.2, -0.15) is 0 Å². The molecule has 8 nitrogen and oxygen atoms in total. The predicted octanol–water partition coefficient (Wildman–Crippen LogP) is 2.06. The van der Waals surface area contributed by atoms with Crippen molar-refractivity contribution in [2.45, 2.75) is 0 Å². The van der Waals surface area contributed by atoms with E-state index in [2.05, 4.69) is 25.3 Å². The van der Waals surface area contributed by atoms with Crippen LogP contribution in [0.3, 0.4) is 0 Å². The summed E-state index contributed by atoms with van der Waals surface area (Å²) in [4.78, 5) is 31.2. The Balaban J connectivity index is 1.52. The summed E-state index contributed by atoms with van der Waals surface area (Å²) < 4.78 is 5.43. The Morgan fingerprint density at radius 1 is 1.30 bits per heavy atom. The summed E-state index contributed by atoms with van der Waals surface area (Å²) in [5.74, 6) is 1.65. The molecule has 5 rings (SSSR count). The van der Waals surface area contributed by atoms with Crippen molar-refractivity contribution in [2.24, 2.45) is 9.98 Å². The van der Waals surface area contributed by atoms with Gasteiger partial charge in [0.2, 0.25) is 5.96 Å². The van der Waals surface area contributed by atoms with Crippen LogP contribution in [0.1, 0.15) is 15.9 Å². The van der Waals surface area contributed by atoms with Gasteiger partial charge in [0.1, 0.15) is 17.3 Å². The van der Waals surface area contributed by atoms with Crippen LogP contribution in [0.4, 0.5) is 5.69 Å². The third-order valence-corrected chi connectivity index (χ3v) is 4.68. The minimum Gasteiger partial charge on any atom is -0.494 e. The first-order chi connectivity index (χ1) is 13.2. The second-order valence-electron chi connectivity index (χ2n) is 6.24. The third-order valence-electron chi connectivity index (χ3n) is 4.68. The largest absolute Gasteiger partial charge is 0.494 e. The smallest absolute Gasteiger partial charge is 0.258 e. The zero-order valence-corrected chi connectivity index (χ0v) is 14.6. The molecular formula is C19H16N6O2. The summed E-state index contributed by atoms with van der Waals surface area (Å²) in [7, 11) is 1.60. The molecule has 0 bridgehead atoms. The van der Waals surface area contributed by atoms with Gasteiger partial charge in [-0.15, -0.1) is 0 Å². The number of guanidine groups is 1. The maximum absolute atomic E-state index is 12.8. The average molecular weight is 360 g/mol. The van der Waals surface area contributed by atoms with Gasteiger partial charge < -0.3 is 9.72 Å². The fourth-order valence-corrected chi connectivity index (χ4v) is 3.38. The SMILES string of the molecule is COc1cccc2c1N=C(NC(=O)c1ccc3[nH]cnc3c1)N1CCN=C21. The van der Waals surface area contributed by atoms with Crippen LogP contribution >= 0.6 is 0 Å². The van der Waals surface area contributed by atoms with E-state index >= 15 is 0 Å². The molecule has 0 saturated heterocycles. The molecule has 8 heteroatoms. The van der Waals surface area contributed by atoms with E-state index in [0.29, 0.717) is 36.0 Å². The highest BCUT2D eigenvalue weighted by Gasteiger charge is 2.32. The monoisotopic (exact) mass is 360 g/mol. The maximum Gasteiger partial charge on any atom is 0.258 e. The summed E-state index contributed by atoms with van der Waals surface area (Å²) >= 11 is 0. The third kappa shape index (κ3) is 2.45. The zero-order valence-electron chi connectivity index (χ0n) is 14.6. The maximum atomic E-state index is 12.8. The zero-order chi connectivity index (χ0) is 18.4. The van der Waals surface area contributed by atoms with E-state index in [1.165, 1.54) is 0 Å². The van der Waals surface area contributed by atoms with Gasteiger partial charge in [0.05, 0.1) is 31.0 Å². The lowest BCUT2D eigenvalue weighted by Crippen LogP contribution is -2.47. The molecule has 3 heterocycles. The van der Waals surface area contributed by atoms with E-state index in [9.17, 15) is 4.79 Å². The number of aromatic amines is 1. The summed E-state index contributed by atoms with van der Waals surface area (Å²) in [6.07, 6.45) is 1.60. The highest BCUT2D eigenvalue weighted by atomic mass is 16.5. The van der Waals surface area contributed by atoms with Crippen LogP contribution in [0.2, 0.25) is 0 Å². The van der Waals surface area contributed by atoms with Crippen LogP contribution in [0.25, 0.3) is 11.0 Å². The number of fused-ring (bicyclic) bond motifs is 4. The van der Waals surface area contributed by atoms with Crippen molar-refractivity contribution in [3.8, 4) is 5.75 Å². The van der Waals surface area contributed by atoms with Crippen molar-refractivity contribution >= 4 is 34.4 Å². The van der Waals surface area contributed by atoms with Gasteiger partial charge in [-0.05, 0) is 30.3 Å². The molecule has 1 amide bonds. The molecule has 134 valence electrons. The summed E-state index contributed by atoms with van der Waals surface area (Å²) in [6, 6.07) is 11.1. The van der Waals surface area contributed by atoms with Crippen LogP contribution in [0.15, 0.2) is 52.7 Å². The second-order valence-corrected chi connectivity index (χ2v) is 6.24. The number of amidine groups is 1. The molecule has 0 aliphatic carbocycles. The molecule has 2 N–H and O–H groups in total. The van der Waals surface area contributed by atoms with Crippen LogP contribution < -0.4 is 10.1 Å². The Morgan fingerprint density at radius 2 is 2.22 bits per heavy atom. The van der Waals surface area contributed by atoms with E-state index in [-0.39, 0.29) is 5.91 Å². The minimum atomic E-state index is -0.247. The average Bonchev–Trinajstić information content (AvgIpc) is 3.36. The fourth-order valence-electron chi connectivity index (χ4n) is 3.38. The molecule has 0 radical (unpaired) electrons. The molecule has 27 heavy (non-hydrogen) atoms. The van der Waals surface area contributed by atoms with Gasteiger partial charge in [0.15, 0.2) is 0 Å². The molecule has 0 spiro atoms. The Hall–Kier alpha value is -3.68. The topological polar surface area (TPSA) is 95.0 Å². The number of carbonyl (C=O) groups is 1. The first kappa shape index (κ1) is 15.6. The number of nitrogens with one attached hydrogen (secondary N) is 2. The molecule has 0 atom stereocenters. The molecular weight excluding hydrogens is 344 g/mol. The lowest BCUT2D eigenvalue weighted by molar-refractivity contribution is 0.0974. The van der Waals surface area contributed by atoms with Gasteiger partial charge in [-0.3, -0.25) is 20.0 Å². The summed E-state index contributed by atoms with van der Waals surface area (Å²) in [5, 5.41) is 2.92. The van der Waals surface area contributed by atoms with Crippen molar-refractivity contribution in [2.75, 3.05) is 20.2 Å². The van der Waals surface area contributed by atoms with Gasteiger partial charge in [-0.1, -0.05) is 6.07 Å². The molecule has 0 fully saturated rings. The number of nitrogens with zero attached hydrogens (tertiary/aromatic N) is 4. The number of hydrogen-bond donors (Lipinski definition) is 2. The Bertz CT molecular complexity index is 1130. The molecule has 1 aromatic heterocycles. The molecule has 2 aromatic carbocycles. The number of ether oxygens (including phenoxy) is 1. The quantitative estimate of drug-likeness (QED) is 0.731. The highest BCUT2D eigenvalue weighted by Crippen LogP contribution is 2.36. The number of para-hydroxylation sites is 1. The van der Waals surface area contributed by atoms with Crippen LogP contribution in [0.5, 0.6) is 5.75 Å². The number of imidazole rings is 1. The van der Waals surface area contributed by atoms with Crippen LogP contribution in [0, 0.1) is 0 Å². The van der Waals surface area contributed by atoms with E-state index in [1.807, 2.05) is 29.2 Å². The number of amides is 1. The highest BCUT2D eigenvalue weighted by molar-refractivity contribution is 6.20. The molecule has 0 unspecified atom stereocenters. The normalized spacial score (nSPS) is 15.1. The Labute approximate surface area is 154 Å². The minimum absolute atomic E-state index is 0.247. The molecule has 2 aliphatic rings. The van der Waals surface area contributed by atoms with Crippen molar-refractivity contribution in [1.29, 1.82) is 0 Å².